The second kappa shape index (κ2) is 47.6. The highest BCUT2D eigenvalue weighted by Gasteiger charge is 2.40. The number of anilines is 2. The van der Waals surface area contributed by atoms with Gasteiger partial charge in [-0.25, -0.2) is 4.98 Å². The molecule has 5 rings (SSSR count). The quantitative estimate of drug-likeness (QED) is 0.0123. The van der Waals surface area contributed by atoms with Gasteiger partial charge in [0.15, 0.2) is 6.10 Å². The number of esters is 1. The number of amides is 9. The van der Waals surface area contributed by atoms with E-state index in [1.54, 1.807) is 61.5 Å². The molecule has 0 aliphatic carbocycles. The Morgan fingerprint density at radius 3 is 2.21 bits per heavy atom. The number of hydrogen-bond donors (Lipinski definition) is 8. The minimum Gasteiger partial charge on any atom is -0.481 e. The number of nitrogens with zero attached hydrogens (tertiary/aromatic N) is 4. The molecule has 0 saturated carbocycles. The van der Waals surface area contributed by atoms with Gasteiger partial charge in [-0.3, -0.25) is 76.9 Å². The van der Waals surface area contributed by atoms with Crippen molar-refractivity contribution in [3.63, 3.8) is 0 Å². The van der Waals surface area contributed by atoms with Crippen molar-refractivity contribution < 1.29 is 96.3 Å². The molecule has 2 aromatic carbocycles. The van der Waals surface area contributed by atoms with E-state index < -0.39 is 107 Å². The van der Waals surface area contributed by atoms with Crippen LogP contribution in [-0.2, 0) is 101 Å². The number of methoxy groups -OCH3 is 1. The zero-order valence-electron chi connectivity index (χ0n) is 65.5. The number of thioether (sulfide) groups is 1. The zero-order valence-corrected chi connectivity index (χ0v) is 67.1. The summed E-state index contributed by atoms with van der Waals surface area (Å²) in [5.74, 6) is -8.79. The van der Waals surface area contributed by atoms with E-state index in [-0.39, 0.29) is 163 Å². The lowest BCUT2D eigenvalue weighted by Gasteiger charge is -2.38. The summed E-state index contributed by atoms with van der Waals surface area (Å²) < 4.78 is 21.8. The van der Waals surface area contributed by atoms with E-state index in [1.165, 1.54) is 38.1 Å². The van der Waals surface area contributed by atoms with Gasteiger partial charge in [0.1, 0.15) is 47.4 Å². The SMILES string of the molecule is CCC(C)[C@H](NC(=O)C1CCCCN1C)C(=O)N(C)[C@H](C[C@@H](OC(C)=O)c1nc(C(=O)N[C@@H](Cc2ccc(C)c(NC(=O)CCc3ccc(NC(=O)C(CCCCNC(=O)COCCOC)NC(=O)CCN4C(=O)CC(SC)C4=O)c(CC(=O)CCOCCCCC(=O)CC(=O)O)c3)c2)CC(C)C(=O)O)cs1)C(C)C. The Kier molecular flexibility index (Phi) is 39.8. The predicted octanol–water partition coefficient (Wildman–Crippen LogP) is 6.95. The number of thiazole rings is 1. The summed E-state index contributed by atoms with van der Waals surface area (Å²) in [6.45, 7) is 13.7. The molecule has 9 atom stereocenters. The Labute approximate surface area is 652 Å². The lowest BCUT2D eigenvalue weighted by molar-refractivity contribution is -0.149. The standard InChI is InChI=1S/C78H114N10O20S2/c1-12-48(4)71(85-74(100)62-21-14-17-31-86(62)8)77(102)87(9)63(47(2)3)43-64(108-51(7)89)75-84-61(46-110-75)73(99)80-55(37-50(6)78(103)104)39-53-23-22-49(5)60(40-53)82-66(92)27-25-52-24-26-58(54(38-52)41-57(91)29-34-106-33-18-15-19-56(90)42-70(96)97)83-72(98)59(20-13-16-30-79-68(94)45-107-36-35-105-10)81-67(93)28-32-88-69(95)44-65(109-11)76(88)101/h22-24,26,38,40,46-48,50,55,59,62-65,71H,12-21,25,27-37,39,41-45H2,1-11H3,(H,79,94)(H,80,99)(H,81,93)(H,82,92)(H,83,98)(H,85,100)(H,96,97)(H,103,104)/t48?,50?,55-,59?,62?,63-,64-,65?,71+/m1/s1. The topological polar surface area (TPSA) is 411 Å². The van der Waals surface area contributed by atoms with E-state index in [4.69, 9.17) is 24.1 Å². The molecule has 2 aliphatic rings. The molecule has 2 saturated heterocycles. The molecule has 2 fully saturated rings. The van der Waals surface area contributed by atoms with Crippen molar-refractivity contribution in [3.8, 4) is 0 Å². The number of ketones is 2. The van der Waals surface area contributed by atoms with Crippen molar-refractivity contribution in [3.05, 3.63) is 74.7 Å². The average molecular weight is 1580 g/mol. The number of aryl methyl sites for hydroxylation is 2. The Balaban J connectivity index is 1.32. The number of carbonyl (C=O) groups is 14. The van der Waals surface area contributed by atoms with Crippen LogP contribution in [0.4, 0.5) is 11.4 Å². The molecule has 32 heteroatoms. The second-order valence-corrected chi connectivity index (χ2v) is 30.7. The number of carboxylic acid groups (broad SMARTS) is 2. The number of imide groups is 1. The third kappa shape index (κ3) is 31.3. The smallest absolute Gasteiger partial charge is 0.310 e. The number of aromatic nitrogens is 1. The Morgan fingerprint density at radius 1 is 0.791 bits per heavy atom. The van der Waals surface area contributed by atoms with Gasteiger partial charge in [-0.1, -0.05) is 71.7 Å². The van der Waals surface area contributed by atoms with E-state index in [0.29, 0.717) is 78.1 Å². The number of hydrogen-bond acceptors (Lipinski definition) is 22. The number of rotatable bonds is 51. The number of nitrogens with one attached hydrogen (secondary N) is 6. The van der Waals surface area contributed by atoms with Gasteiger partial charge in [-0.2, -0.15) is 11.8 Å². The van der Waals surface area contributed by atoms with Crippen molar-refractivity contribution in [1.82, 2.24) is 41.0 Å². The first-order chi connectivity index (χ1) is 52.3. The van der Waals surface area contributed by atoms with E-state index in [2.05, 4.69) is 36.9 Å². The van der Waals surface area contributed by atoms with Crippen LogP contribution in [0.15, 0.2) is 41.8 Å². The largest absolute Gasteiger partial charge is 0.481 e. The van der Waals surface area contributed by atoms with Crippen LogP contribution in [0.3, 0.4) is 0 Å². The molecule has 8 N–H and O–H groups in total. The van der Waals surface area contributed by atoms with Crippen molar-refractivity contribution in [2.45, 2.75) is 218 Å². The highest BCUT2D eigenvalue weighted by atomic mass is 32.2. The van der Waals surface area contributed by atoms with E-state index in [0.717, 1.165) is 35.6 Å². The minimum atomic E-state index is -1.21. The molecule has 110 heavy (non-hydrogen) atoms. The molecule has 3 heterocycles. The fourth-order valence-corrected chi connectivity index (χ4v) is 14.4. The molecule has 0 bridgehead atoms. The highest BCUT2D eigenvalue weighted by Crippen LogP contribution is 2.33. The molecule has 2 aliphatic heterocycles. The van der Waals surface area contributed by atoms with Crippen LogP contribution >= 0.6 is 23.1 Å². The van der Waals surface area contributed by atoms with Gasteiger partial charge in [0, 0.05) is 115 Å². The maximum atomic E-state index is 14.5. The number of Topliss-reactive ketones (excluding diaryl/α,β-unsaturated/α-hetero) is 2. The van der Waals surface area contributed by atoms with E-state index in [1.807, 2.05) is 39.6 Å². The van der Waals surface area contributed by atoms with Crippen LogP contribution in [0.5, 0.6) is 0 Å². The molecule has 9 amide bonds. The second-order valence-electron chi connectivity index (χ2n) is 28.8. The fraction of sp³-hybridized carbons (Fsp3) is 0.628. The van der Waals surface area contributed by atoms with Crippen molar-refractivity contribution in [1.29, 1.82) is 0 Å². The van der Waals surface area contributed by atoms with Crippen LogP contribution in [0.1, 0.15) is 195 Å². The first-order valence-electron chi connectivity index (χ1n) is 37.9. The van der Waals surface area contributed by atoms with Crippen molar-refractivity contribution in [2.24, 2.45) is 17.8 Å². The number of carbonyl (C=O) groups excluding carboxylic acids is 12. The van der Waals surface area contributed by atoms with Crippen molar-refractivity contribution in [2.75, 3.05) is 90.8 Å². The summed E-state index contributed by atoms with van der Waals surface area (Å²) in [5, 5.41) is 37.7. The maximum Gasteiger partial charge on any atom is 0.310 e. The molecule has 0 spiro atoms. The molecule has 3 aromatic rings. The summed E-state index contributed by atoms with van der Waals surface area (Å²) >= 11 is 2.32. The lowest BCUT2D eigenvalue weighted by Crippen LogP contribution is -2.58. The lowest BCUT2D eigenvalue weighted by atomic mass is 9.92. The maximum absolute atomic E-state index is 14.5. The average Bonchev–Trinajstić information content (AvgIpc) is 1.67. The summed E-state index contributed by atoms with van der Waals surface area (Å²) in [6, 6.07) is 6.67. The zero-order chi connectivity index (χ0) is 81.1. The van der Waals surface area contributed by atoms with Crippen LogP contribution in [0.25, 0.3) is 0 Å². The number of ether oxygens (including phenoxy) is 4. The van der Waals surface area contributed by atoms with Crippen LogP contribution in [0.2, 0.25) is 0 Å². The third-order valence-corrected chi connectivity index (χ3v) is 21.5. The first-order valence-corrected chi connectivity index (χ1v) is 40.1. The monoisotopic (exact) mass is 1570 g/mol. The molecule has 5 unspecified atom stereocenters. The first kappa shape index (κ1) is 92.0. The van der Waals surface area contributed by atoms with Gasteiger partial charge in [0.2, 0.25) is 47.3 Å². The van der Waals surface area contributed by atoms with Gasteiger partial charge >= 0.3 is 17.9 Å². The number of benzene rings is 2. The number of carboxylic acids is 2. The van der Waals surface area contributed by atoms with Crippen LogP contribution in [0, 0.1) is 24.7 Å². The summed E-state index contributed by atoms with van der Waals surface area (Å²) in [6.07, 6.45) is 4.93. The third-order valence-electron chi connectivity index (χ3n) is 19.6. The Bertz CT molecular complexity index is 3650. The highest BCUT2D eigenvalue weighted by molar-refractivity contribution is 8.00. The minimum absolute atomic E-state index is 0.00110. The molecule has 1 aromatic heterocycles. The van der Waals surface area contributed by atoms with Crippen LogP contribution < -0.4 is 31.9 Å². The summed E-state index contributed by atoms with van der Waals surface area (Å²) in [4.78, 5) is 193. The number of likely N-dealkylation sites (N-methyl/N-ethyl adjacent to an activating group) is 2. The van der Waals surface area contributed by atoms with Crippen molar-refractivity contribution >= 4 is 117 Å². The summed E-state index contributed by atoms with van der Waals surface area (Å²) in [5.41, 5.74) is 2.98. The Morgan fingerprint density at radius 2 is 1.54 bits per heavy atom. The van der Waals surface area contributed by atoms with Crippen LogP contribution in [-0.4, -0.2) is 228 Å². The summed E-state index contributed by atoms with van der Waals surface area (Å²) in [7, 11) is 5.09. The van der Waals surface area contributed by atoms with Gasteiger partial charge < -0.3 is 66.0 Å². The number of aliphatic carboxylic acids is 2. The fourth-order valence-electron chi connectivity index (χ4n) is 13.0. The number of piperidine rings is 1. The molecule has 30 nitrogen and oxygen atoms in total. The molecular formula is C78H114N10O20S2. The number of unbranched alkanes of at least 4 members (excludes halogenated alkanes) is 2. The van der Waals surface area contributed by atoms with Gasteiger partial charge in [-0.15, -0.1) is 11.3 Å². The molecule has 608 valence electrons. The normalized spacial score (nSPS) is 16.3. The van der Waals surface area contributed by atoms with E-state index in [9.17, 15) is 72.2 Å². The molecular weight excluding hydrogens is 1460 g/mol. The van der Waals surface area contributed by atoms with E-state index >= 15 is 0 Å². The predicted molar refractivity (Wildman–Crippen MR) is 414 cm³/mol. The molecule has 0 radical (unpaired) electrons. The Hall–Kier alpha value is -8.56. The van der Waals surface area contributed by atoms with Gasteiger partial charge in [0.25, 0.3) is 5.91 Å². The van der Waals surface area contributed by atoms with Gasteiger partial charge in [0.05, 0.1) is 37.0 Å². The van der Waals surface area contributed by atoms with Gasteiger partial charge in [-0.05, 0) is 137 Å². The number of likely N-dealkylation sites (tertiary alicyclic amines) is 2.